The highest BCUT2D eigenvalue weighted by Crippen LogP contribution is 2.23. The molecule has 0 aromatic carbocycles. The Bertz CT molecular complexity index is 396. The first-order chi connectivity index (χ1) is 8.60. The number of rotatable bonds is 3. The summed E-state index contributed by atoms with van der Waals surface area (Å²) in [4.78, 5) is 8.74. The third-order valence-corrected chi connectivity index (χ3v) is 3.53. The molecule has 5 nitrogen and oxygen atoms in total. The molecule has 1 aromatic rings. The zero-order valence-corrected chi connectivity index (χ0v) is 11.7. The van der Waals surface area contributed by atoms with Gasteiger partial charge >= 0.3 is 0 Å². The van der Waals surface area contributed by atoms with Crippen molar-refractivity contribution >= 4 is 11.6 Å². The minimum absolute atomic E-state index is 0.544. The highest BCUT2D eigenvalue weighted by Gasteiger charge is 2.25. The molecule has 2 atom stereocenters. The second-order valence-electron chi connectivity index (χ2n) is 5.08. The van der Waals surface area contributed by atoms with E-state index in [1.165, 1.54) is 19.3 Å². The summed E-state index contributed by atoms with van der Waals surface area (Å²) in [7, 11) is 1.87. The van der Waals surface area contributed by atoms with Crippen molar-refractivity contribution in [2.75, 3.05) is 17.8 Å². The predicted molar refractivity (Wildman–Crippen MR) is 74.6 cm³/mol. The quantitative estimate of drug-likeness (QED) is 0.861. The van der Waals surface area contributed by atoms with E-state index in [9.17, 15) is 0 Å². The number of piperidine rings is 1. The molecule has 0 saturated carbocycles. The molecule has 2 unspecified atom stereocenters. The molecule has 0 radical (unpaired) electrons. The summed E-state index contributed by atoms with van der Waals surface area (Å²) in [5.74, 6) is 2.50. The fraction of sp³-hybridized carbons (Fsp3) is 0.692. The third-order valence-electron chi connectivity index (χ3n) is 3.53. The Morgan fingerprint density at radius 3 is 2.39 bits per heavy atom. The number of hydrazine groups is 1. The summed E-state index contributed by atoms with van der Waals surface area (Å²) >= 11 is 0. The minimum atomic E-state index is 0.544. The van der Waals surface area contributed by atoms with Crippen LogP contribution in [0.4, 0.5) is 11.6 Å². The number of hydrogen-bond donors (Lipinski definition) is 2. The highest BCUT2D eigenvalue weighted by molar-refractivity contribution is 5.46. The lowest BCUT2D eigenvalue weighted by molar-refractivity contribution is 0.135. The molecule has 1 saturated heterocycles. The van der Waals surface area contributed by atoms with Gasteiger partial charge < -0.3 is 10.7 Å². The topological polar surface area (TPSA) is 53.1 Å². The molecule has 2 N–H and O–H groups in total. The van der Waals surface area contributed by atoms with E-state index in [0.717, 1.165) is 17.5 Å². The van der Waals surface area contributed by atoms with Crippen molar-refractivity contribution in [2.45, 2.75) is 52.1 Å². The van der Waals surface area contributed by atoms with Crippen LogP contribution in [-0.4, -0.2) is 34.1 Å². The second-order valence-corrected chi connectivity index (χ2v) is 5.08. The molecule has 2 heterocycles. The lowest BCUT2D eigenvalue weighted by Gasteiger charge is -2.39. The number of aromatic nitrogens is 2. The van der Waals surface area contributed by atoms with Crippen molar-refractivity contribution < 1.29 is 0 Å². The fourth-order valence-corrected chi connectivity index (χ4v) is 2.53. The van der Waals surface area contributed by atoms with E-state index in [1.807, 2.05) is 20.0 Å². The van der Waals surface area contributed by atoms with Crippen LogP contribution < -0.4 is 10.7 Å². The molecule has 1 aromatic heterocycles. The van der Waals surface area contributed by atoms with Gasteiger partial charge in [-0.25, -0.2) is 15.0 Å². The van der Waals surface area contributed by atoms with E-state index in [2.05, 4.69) is 39.6 Å². The summed E-state index contributed by atoms with van der Waals surface area (Å²) in [5, 5.41) is 5.37. The van der Waals surface area contributed by atoms with E-state index < -0.39 is 0 Å². The highest BCUT2D eigenvalue weighted by atomic mass is 15.5. The van der Waals surface area contributed by atoms with Gasteiger partial charge in [0, 0.05) is 25.2 Å². The van der Waals surface area contributed by atoms with Gasteiger partial charge in [-0.3, -0.25) is 0 Å². The summed E-state index contributed by atoms with van der Waals surface area (Å²) in [6.45, 7) is 6.43. The Kier molecular flexibility index (Phi) is 4.01. The summed E-state index contributed by atoms with van der Waals surface area (Å²) in [6, 6.07) is 3.03. The SMILES string of the molecule is CNc1cc(NN2C(C)CCCC2C)nc(C)n1. The Hall–Kier alpha value is -1.36. The molecule has 0 aliphatic carbocycles. The van der Waals surface area contributed by atoms with Crippen molar-refractivity contribution in [1.82, 2.24) is 15.0 Å². The maximum absolute atomic E-state index is 4.44. The van der Waals surface area contributed by atoms with Crippen LogP contribution in [-0.2, 0) is 0 Å². The van der Waals surface area contributed by atoms with E-state index in [-0.39, 0.29) is 0 Å². The van der Waals surface area contributed by atoms with Gasteiger partial charge in [-0.2, -0.15) is 0 Å². The van der Waals surface area contributed by atoms with Crippen LogP contribution >= 0.6 is 0 Å². The molecule has 1 fully saturated rings. The molecule has 1 aliphatic rings. The standard InChI is InChI=1S/C13H23N5/c1-9-6-5-7-10(2)18(9)17-13-8-12(14-4)15-11(3)16-13/h8-10H,5-7H2,1-4H3,(H2,14,15,16,17). The maximum atomic E-state index is 4.44. The summed E-state index contributed by atoms with van der Waals surface area (Å²) in [6.07, 6.45) is 3.78. The van der Waals surface area contributed by atoms with Gasteiger partial charge in [0.1, 0.15) is 17.5 Å². The number of hydrogen-bond acceptors (Lipinski definition) is 5. The van der Waals surface area contributed by atoms with Gasteiger partial charge in [-0.05, 0) is 33.6 Å². The van der Waals surface area contributed by atoms with Crippen LogP contribution in [0.5, 0.6) is 0 Å². The number of anilines is 2. The number of nitrogens with zero attached hydrogens (tertiary/aromatic N) is 3. The first-order valence-electron chi connectivity index (χ1n) is 6.68. The Labute approximate surface area is 109 Å². The van der Waals surface area contributed by atoms with Crippen molar-refractivity contribution in [1.29, 1.82) is 0 Å². The first-order valence-corrected chi connectivity index (χ1v) is 6.68. The van der Waals surface area contributed by atoms with Gasteiger partial charge in [0.2, 0.25) is 0 Å². The maximum Gasteiger partial charge on any atom is 0.146 e. The molecule has 2 rings (SSSR count). The first kappa shape index (κ1) is 13.1. The van der Waals surface area contributed by atoms with Gasteiger partial charge in [0.15, 0.2) is 0 Å². The predicted octanol–water partition coefficient (Wildman–Crippen LogP) is 2.42. The average molecular weight is 249 g/mol. The van der Waals surface area contributed by atoms with E-state index in [4.69, 9.17) is 0 Å². The van der Waals surface area contributed by atoms with E-state index in [1.54, 1.807) is 0 Å². The Morgan fingerprint density at radius 1 is 1.17 bits per heavy atom. The molecule has 100 valence electrons. The summed E-state index contributed by atoms with van der Waals surface area (Å²) in [5.41, 5.74) is 3.44. The number of aryl methyl sites for hydroxylation is 1. The molecular formula is C13H23N5. The van der Waals surface area contributed by atoms with Crippen LogP contribution in [0.2, 0.25) is 0 Å². The second kappa shape index (κ2) is 5.52. The van der Waals surface area contributed by atoms with E-state index in [0.29, 0.717) is 12.1 Å². The molecule has 1 aliphatic heterocycles. The van der Waals surface area contributed by atoms with Crippen LogP contribution in [0.25, 0.3) is 0 Å². The van der Waals surface area contributed by atoms with Gasteiger partial charge in [0.25, 0.3) is 0 Å². The fourth-order valence-electron chi connectivity index (χ4n) is 2.53. The molecule has 5 heteroatoms. The van der Waals surface area contributed by atoms with Crippen molar-refractivity contribution in [3.05, 3.63) is 11.9 Å². The van der Waals surface area contributed by atoms with Crippen molar-refractivity contribution in [2.24, 2.45) is 0 Å². The van der Waals surface area contributed by atoms with E-state index >= 15 is 0 Å². The average Bonchev–Trinajstić information content (AvgIpc) is 2.33. The minimum Gasteiger partial charge on any atom is -0.373 e. The molecule has 18 heavy (non-hydrogen) atoms. The Balaban J connectivity index is 2.14. The van der Waals surface area contributed by atoms with Crippen molar-refractivity contribution in [3.8, 4) is 0 Å². The van der Waals surface area contributed by atoms with Crippen LogP contribution in [0, 0.1) is 6.92 Å². The summed E-state index contributed by atoms with van der Waals surface area (Å²) < 4.78 is 0. The van der Waals surface area contributed by atoms with Gasteiger partial charge in [-0.1, -0.05) is 6.42 Å². The third kappa shape index (κ3) is 2.90. The van der Waals surface area contributed by atoms with Gasteiger partial charge in [-0.15, -0.1) is 0 Å². The van der Waals surface area contributed by atoms with Crippen molar-refractivity contribution in [3.63, 3.8) is 0 Å². The lowest BCUT2D eigenvalue weighted by atomic mass is 10.00. The molecule has 0 amide bonds. The smallest absolute Gasteiger partial charge is 0.146 e. The molecule has 0 spiro atoms. The monoisotopic (exact) mass is 249 g/mol. The molecule has 0 bridgehead atoms. The van der Waals surface area contributed by atoms with Gasteiger partial charge in [0.05, 0.1) is 0 Å². The number of nitrogens with one attached hydrogen (secondary N) is 2. The van der Waals surface area contributed by atoms with Crippen LogP contribution in [0.15, 0.2) is 6.07 Å². The zero-order chi connectivity index (χ0) is 13.1. The zero-order valence-electron chi connectivity index (χ0n) is 11.7. The lowest BCUT2D eigenvalue weighted by Crippen LogP contribution is -2.47. The normalized spacial score (nSPS) is 24.9. The van der Waals surface area contributed by atoms with Crippen LogP contribution in [0.1, 0.15) is 38.9 Å². The Morgan fingerprint density at radius 2 is 1.78 bits per heavy atom. The largest absolute Gasteiger partial charge is 0.373 e. The molecular weight excluding hydrogens is 226 g/mol. The van der Waals surface area contributed by atoms with Crippen LogP contribution in [0.3, 0.4) is 0 Å².